The Morgan fingerprint density at radius 2 is 2.00 bits per heavy atom. The van der Waals surface area contributed by atoms with Gasteiger partial charge in [-0.1, -0.05) is 31.9 Å². The molecule has 1 heterocycles. The average molecular weight is 555 g/mol. The minimum atomic E-state index is -3.96. The number of carbonyl (C=O) groups excluding carboxylic acids is 1. The van der Waals surface area contributed by atoms with Crippen LogP contribution in [0.5, 0.6) is 5.75 Å². The zero-order chi connectivity index (χ0) is 27.2. The van der Waals surface area contributed by atoms with Gasteiger partial charge in [-0.05, 0) is 43.4 Å². The third-order valence-corrected chi connectivity index (χ3v) is 8.80. The van der Waals surface area contributed by atoms with Crippen LogP contribution in [0.2, 0.25) is 0 Å². The fraction of sp³-hybridized carbons (Fsp3) is 0.423. The second-order valence-corrected chi connectivity index (χ2v) is 11.4. The molecule has 0 saturated carbocycles. The van der Waals surface area contributed by atoms with Crippen molar-refractivity contribution < 1.29 is 31.5 Å². The minimum Gasteiger partial charge on any atom is -0.461 e. The van der Waals surface area contributed by atoms with E-state index >= 15 is 0 Å². The normalized spacial score (nSPS) is 17.7. The number of halogens is 2. The highest BCUT2D eigenvalue weighted by Gasteiger charge is 2.37. The summed E-state index contributed by atoms with van der Waals surface area (Å²) in [4.78, 5) is 14.1. The molecule has 1 aliphatic rings. The number of rotatable bonds is 10. The van der Waals surface area contributed by atoms with Gasteiger partial charge >= 0.3 is 5.97 Å². The maximum atomic E-state index is 14.1. The maximum absolute atomic E-state index is 14.1. The lowest BCUT2D eigenvalue weighted by atomic mass is 10.1. The molecule has 1 atom stereocenters. The average Bonchev–Trinajstić information content (AvgIpc) is 2.94. The molecule has 0 amide bonds. The van der Waals surface area contributed by atoms with Crippen LogP contribution in [0.15, 0.2) is 58.3 Å². The summed E-state index contributed by atoms with van der Waals surface area (Å²) in [6.45, 7) is 4.30. The molecule has 0 aromatic heterocycles. The van der Waals surface area contributed by atoms with E-state index in [4.69, 9.17) is 4.74 Å². The molecule has 1 aliphatic heterocycles. The number of carbonyl (C=O) groups is 1. The van der Waals surface area contributed by atoms with Crippen molar-refractivity contribution in [3.05, 3.63) is 59.9 Å². The van der Waals surface area contributed by atoms with Crippen LogP contribution < -0.4 is 9.64 Å². The molecule has 3 rings (SSSR count). The standard InChI is InChI=1S/C26H32F2N2O5S2/c1-5-7-11-20-16-30(15-18-9-8-10-19(27)12-18)22-13-24(36-4)23(14-25(22)37(32,33)29(20)3)35-17-21(28)26(31)34-6-2/h8-10,12-14,17,20H,5-7,11,15-16H2,1-4H3/b21-17-. The monoisotopic (exact) mass is 554 g/mol. The number of fused-ring (bicyclic) bond motifs is 1. The molecule has 0 bridgehead atoms. The third kappa shape index (κ3) is 6.82. The van der Waals surface area contributed by atoms with Crippen molar-refractivity contribution in [3.63, 3.8) is 0 Å². The van der Waals surface area contributed by atoms with Gasteiger partial charge in [0.1, 0.15) is 22.7 Å². The van der Waals surface area contributed by atoms with Gasteiger partial charge < -0.3 is 14.4 Å². The maximum Gasteiger partial charge on any atom is 0.370 e. The van der Waals surface area contributed by atoms with Crippen LogP contribution in [0, 0.1) is 5.82 Å². The predicted molar refractivity (Wildman–Crippen MR) is 140 cm³/mol. The van der Waals surface area contributed by atoms with Crippen LogP contribution in [-0.2, 0) is 26.1 Å². The van der Waals surface area contributed by atoms with Gasteiger partial charge in [0.25, 0.3) is 0 Å². The Morgan fingerprint density at radius 1 is 1.24 bits per heavy atom. The zero-order valence-corrected chi connectivity index (χ0v) is 23.0. The predicted octanol–water partition coefficient (Wildman–Crippen LogP) is 5.50. The Balaban J connectivity index is 2.12. The topological polar surface area (TPSA) is 76.1 Å². The van der Waals surface area contributed by atoms with Crippen molar-refractivity contribution in [1.29, 1.82) is 0 Å². The van der Waals surface area contributed by atoms with Gasteiger partial charge in [0.15, 0.2) is 0 Å². The van der Waals surface area contributed by atoms with E-state index in [2.05, 4.69) is 4.74 Å². The number of nitrogens with zero attached hydrogens (tertiary/aromatic N) is 2. The van der Waals surface area contributed by atoms with Crippen molar-refractivity contribution in [2.45, 2.75) is 55.5 Å². The van der Waals surface area contributed by atoms with Crippen molar-refractivity contribution >= 4 is 33.4 Å². The van der Waals surface area contributed by atoms with Crippen LogP contribution in [-0.4, -0.2) is 51.2 Å². The highest BCUT2D eigenvalue weighted by molar-refractivity contribution is 7.98. The number of esters is 1. The molecule has 37 heavy (non-hydrogen) atoms. The van der Waals surface area contributed by atoms with Crippen molar-refractivity contribution in [1.82, 2.24) is 4.31 Å². The summed E-state index contributed by atoms with van der Waals surface area (Å²) in [5, 5.41) is 0. The van der Waals surface area contributed by atoms with E-state index in [9.17, 15) is 22.0 Å². The second-order valence-electron chi connectivity index (χ2n) is 8.60. The molecule has 0 spiro atoms. The molecule has 202 valence electrons. The van der Waals surface area contributed by atoms with E-state index in [1.807, 2.05) is 11.8 Å². The first kappa shape index (κ1) is 28.9. The van der Waals surface area contributed by atoms with Gasteiger partial charge in [-0.25, -0.2) is 17.6 Å². The molecular weight excluding hydrogens is 522 g/mol. The fourth-order valence-corrected chi connectivity index (χ4v) is 6.26. The van der Waals surface area contributed by atoms with E-state index in [0.29, 0.717) is 41.9 Å². The third-order valence-electron chi connectivity index (χ3n) is 6.10. The lowest BCUT2D eigenvalue weighted by Gasteiger charge is -2.29. The number of thioether (sulfide) groups is 1. The Morgan fingerprint density at radius 3 is 2.65 bits per heavy atom. The highest BCUT2D eigenvalue weighted by Crippen LogP contribution is 2.41. The smallest absolute Gasteiger partial charge is 0.370 e. The Bertz CT molecular complexity index is 1250. The van der Waals surface area contributed by atoms with Gasteiger partial charge in [0, 0.05) is 32.2 Å². The lowest BCUT2D eigenvalue weighted by molar-refractivity contribution is -0.140. The minimum absolute atomic E-state index is 0.0000742. The molecule has 0 aliphatic carbocycles. The fourth-order valence-electron chi connectivity index (χ4n) is 4.14. The molecule has 0 saturated heterocycles. The molecule has 2 aromatic carbocycles. The van der Waals surface area contributed by atoms with Gasteiger partial charge in [-0.2, -0.15) is 8.70 Å². The summed E-state index contributed by atoms with van der Waals surface area (Å²) in [6, 6.07) is 8.92. The highest BCUT2D eigenvalue weighted by atomic mass is 32.2. The number of benzene rings is 2. The molecule has 7 nitrogen and oxygen atoms in total. The van der Waals surface area contributed by atoms with Crippen LogP contribution in [0.1, 0.15) is 38.7 Å². The molecule has 0 N–H and O–H groups in total. The first-order valence-corrected chi connectivity index (χ1v) is 14.7. The number of ether oxygens (including phenoxy) is 2. The van der Waals surface area contributed by atoms with Crippen molar-refractivity contribution in [3.8, 4) is 5.75 Å². The molecule has 0 fully saturated rings. The summed E-state index contributed by atoms with van der Waals surface area (Å²) in [6.07, 6.45) is 4.80. The Labute approximate surface area is 221 Å². The van der Waals surface area contributed by atoms with E-state index < -0.39 is 21.8 Å². The van der Waals surface area contributed by atoms with Crippen LogP contribution in [0.4, 0.5) is 14.5 Å². The number of likely N-dealkylation sites (N-methyl/N-ethyl adjacent to an activating group) is 1. The van der Waals surface area contributed by atoms with Crippen LogP contribution in [0.3, 0.4) is 0 Å². The summed E-state index contributed by atoms with van der Waals surface area (Å²) in [5.41, 5.74) is 1.15. The van der Waals surface area contributed by atoms with Gasteiger partial charge in [-0.3, -0.25) is 0 Å². The first-order chi connectivity index (χ1) is 17.6. The summed E-state index contributed by atoms with van der Waals surface area (Å²) >= 11 is 1.28. The molecular formula is C26H32F2N2O5S2. The van der Waals surface area contributed by atoms with E-state index in [1.54, 1.807) is 38.4 Å². The second kappa shape index (κ2) is 12.7. The van der Waals surface area contributed by atoms with Crippen LogP contribution >= 0.6 is 11.8 Å². The van der Waals surface area contributed by atoms with Gasteiger partial charge in [-0.15, -0.1) is 11.8 Å². The SMILES string of the molecule is CCCCC1CN(Cc2cccc(F)c2)c2cc(SC)c(O/C=C(\F)C(=O)OCC)cc2S(=O)(=O)N1C. The molecule has 1 unspecified atom stereocenters. The van der Waals surface area contributed by atoms with E-state index in [-0.39, 0.29) is 29.1 Å². The number of unbranched alkanes of at least 4 members (excludes halogenated alkanes) is 1. The summed E-state index contributed by atoms with van der Waals surface area (Å²) < 4.78 is 67.0. The van der Waals surface area contributed by atoms with Gasteiger partial charge in [0.05, 0.1) is 17.2 Å². The Kier molecular flexibility index (Phi) is 9.97. The lowest BCUT2D eigenvalue weighted by Crippen LogP contribution is -2.41. The largest absolute Gasteiger partial charge is 0.461 e. The number of hydrogen-bond donors (Lipinski definition) is 0. The number of hydrogen-bond acceptors (Lipinski definition) is 7. The van der Waals surface area contributed by atoms with Crippen LogP contribution in [0.25, 0.3) is 0 Å². The molecule has 0 radical (unpaired) electrons. The van der Waals surface area contributed by atoms with Crippen molar-refractivity contribution in [2.75, 3.05) is 31.4 Å². The summed E-state index contributed by atoms with van der Waals surface area (Å²) in [5.74, 6) is -2.70. The van der Waals surface area contributed by atoms with Gasteiger partial charge in [0.2, 0.25) is 15.9 Å². The summed E-state index contributed by atoms with van der Waals surface area (Å²) in [7, 11) is -2.41. The first-order valence-electron chi connectivity index (χ1n) is 12.0. The Hall–Kier alpha value is -2.63. The zero-order valence-electron chi connectivity index (χ0n) is 21.4. The number of sulfonamides is 1. The quantitative estimate of drug-likeness (QED) is 0.166. The van der Waals surface area contributed by atoms with E-state index in [0.717, 1.165) is 12.8 Å². The molecule has 2 aromatic rings. The van der Waals surface area contributed by atoms with E-state index in [1.165, 1.54) is 34.3 Å². The van der Waals surface area contributed by atoms with Crippen molar-refractivity contribution in [2.24, 2.45) is 0 Å². The number of anilines is 1. The molecule has 11 heteroatoms.